The number of nitrogens with zero attached hydrogens (tertiary/aromatic N) is 3. The fraction of sp³-hybridized carbons (Fsp3) is 0.269. The van der Waals surface area contributed by atoms with Crippen molar-refractivity contribution in [1.82, 2.24) is 14.1 Å². The fourth-order valence-electron chi connectivity index (χ4n) is 4.33. The smallest absolute Gasteiger partial charge is 0.244 e. The molecule has 6 nitrogen and oxygen atoms in total. The van der Waals surface area contributed by atoms with Gasteiger partial charge >= 0.3 is 0 Å². The van der Waals surface area contributed by atoms with Gasteiger partial charge in [0.05, 0.1) is 17.6 Å². The maximum atomic E-state index is 13.0. The van der Waals surface area contributed by atoms with Crippen molar-refractivity contribution in [3.05, 3.63) is 100 Å². The molecule has 1 heterocycles. The van der Waals surface area contributed by atoms with Crippen LogP contribution in [0.1, 0.15) is 17.2 Å². The number of rotatable bonds is 7. The topological polar surface area (TPSA) is 60.9 Å². The Balaban J connectivity index is 1.43. The van der Waals surface area contributed by atoms with E-state index in [4.69, 9.17) is 23.2 Å². The zero-order chi connectivity index (χ0) is 25.0. The van der Waals surface area contributed by atoms with Crippen LogP contribution in [-0.4, -0.2) is 68.2 Å². The average molecular weight is 532 g/mol. The SMILES string of the molecule is CN(CC(=O)N1CCN(C(c2ccccc2)c2ccccc2)CC1)S(=O)(=O)c1cc(Cl)ccc1Cl. The number of halogens is 2. The number of likely N-dealkylation sites (N-methyl/N-ethyl adjacent to an activating group) is 1. The molecule has 35 heavy (non-hydrogen) atoms. The number of piperazine rings is 1. The second-order valence-electron chi connectivity index (χ2n) is 8.48. The van der Waals surface area contributed by atoms with Gasteiger partial charge in [-0.05, 0) is 29.3 Å². The highest BCUT2D eigenvalue weighted by atomic mass is 35.5. The second kappa shape index (κ2) is 11.1. The number of amides is 1. The lowest BCUT2D eigenvalue weighted by atomic mass is 9.96. The summed E-state index contributed by atoms with van der Waals surface area (Å²) in [5, 5.41) is 0.324. The summed E-state index contributed by atoms with van der Waals surface area (Å²) >= 11 is 12.1. The van der Waals surface area contributed by atoms with E-state index in [-0.39, 0.29) is 33.4 Å². The molecule has 0 aromatic heterocycles. The van der Waals surface area contributed by atoms with Gasteiger partial charge in [-0.25, -0.2) is 8.42 Å². The molecule has 0 unspecified atom stereocenters. The van der Waals surface area contributed by atoms with Crippen molar-refractivity contribution in [2.75, 3.05) is 39.8 Å². The van der Waals surface area contributed by atoms with Crippen molar-refractivity contribution >= 4 is 39.1 Å². The van der Waals surface area contributed by atoms with Gasteiger partial charge in [0.2, 0.25) is 15.9 Å². The van der Waals surface area contributed by atoms with E-state index >= 15 is 0 Å². The Bertz CT molecular complexity index is 1230. The summed E-state index contributed by atoms with van der Waals surface area (Å²) in [4.78, 5) is 17.0. The van der Waals surface area contributed by atoms with E-state index in [2.05, 4.69) is 29.2 Å². The van der Waals surface area contributed by atoms with Gasteiger partial charge in [0, 0.05) is 38.2 Å². The predicted molar refractivity (Wildman–Crippen MR) is 139 cm³/mol. The first-order valence-corrected chi connectivity index (χ1v) is 13.5. The first-order chi connectivity index (χ1) is 16.8. The molecule has 9 heteroatoms. The molecular weight excluding hydrogens is 505 g/mol. The number of carbonyl (C=O) groups excluding carboxylic acids is 1. The van der Waals surface area contributed by atoms with Crippen LogP contribution >= 0.6 is 23.2 Å². The highest BCUT2D eigenvalue weighted by Crippen LogP contribution is 2.30. The minimum absolute atomic E-state index is 0.0650. The Labute approximate surface area is 216 Å². The van der Waals surface area contributed by atoms with Crippen LogP contribution in [0.25, 0.3) is 0 Å². The van der Waals surface area contributed by atoms with Gasteiger partial charge in [-0.15, -0.1) is 0 Å². The summed E-state index contributed by atoms with van der Waals surface area (Å²) in [6, 6.07) is 25.0. The summed E-state index contributed by atoms with van der Waals surface area (Å²) in [5.74, 6) is -0.246. The Morgan fingerprint density at radius 2 is 1.43 bits per heavy atom. The van der Waals surface area contributed by atoms with E-state index in [1.54, 1.807) is 4.90 Å². The highest BCUT2D eigenvalue weighted by molar-refractivity contribution is 7.89. The molecule has 0 bridgehead atoms. The molecule has 0 radical (unpaired) electrons. The van der Waals surface area contributed by atoms with Crippen molar-refractivity contribution in [1.29, 1.82) is 0 Å². The molecule has 0 spiro atoms. The molecular formula is C26H27Cl2N3O3S. The molecule has 1 fully saturated rings. The highest BCUT2D eigenvalue weighted by Gasteiger charge is 2.31. The number of hydrogen-bond donors (Lipinski definition) is 0. The quantitative estimate of drug-likeness (QED) is 0.448. The zero-order valence-electron chi connectivity index (χ0n) is 19.3. The molecule has 1 aliphatic rings. The third kappa shape index (κ3) is 5.88. The van der Waals surface area contributed by atoms with E-state index in [1.165, 1.54) is 36.4 Å². The van der Waals surface area contributed by atoms with Gasteiger partial charge < -0.3 is 4.90 Å². The lowest BCUT2D eigenvalue weighted by Gasteiger charge is -2.40. The van der Waals surface area contributed by atoms with Crippen LogP contribution in [0.5, 0.6) is 0 Å². The van der Waals surface area contributed by atoms with Crippen LogP contribution in [0.15, 0.2) is 83.8 Å². The van der Waals surface area contributed by atoms with Crippen molar-refractivity contribution in [2.24, 2.45) is 0 Å². The Hall–Kier alpha value is -2.42. The molecule has 0 aliphatic carbocycles. The molecule has 1 saturated heterocycles. The van der Waals surface area contributed by atoms with Crippen LogP contribution in [0.4, 0.5) is 0 Å². The number of hydrogen-bond acceptors (Lipinski definition) is 4. The van der Waals surface area contributed by atoms with Gasteiger partial charge in [0.15, 0.2) is 0 Å². The summed E-state index contributed by atoms with van der Waals surface area (Å²) in [6.45, 7) is 2.11. The maximum Gasteiger partial charge on any atom is 0.244 e. The van der Waals surface area contributed by atoms with Gasteiger partial charge in [0.1, 0.15) is 4.90 Å². The first kappa shape index (κ1) is 25.7. The standard InChI is InChI=1S/C26H27Cl2N3O3S/c1-29(35(33,34)24-18-22(27)12-13-23(24)28)19-25(32)30-14-16-31(17-15-30)26(20-8-4-2-5-9-20)21-10-6-3-7-11-21/h2-13,18,26H,14-17,19H2,1H3. The molecule has 0 N–H and O–H groups in total. The minimum Gasteiger partial charge on any atom is -0.339 e. The van der Waals surface area contributed by atoms with Crippen molar-refractivity contribution in [2.45, 2.75) is 10.9 Å². The van der Waals surface area contributed by atoms with E-state index in [9.17, 15) is 13.2 Å². The number of benzene rings is 3. The minimum atomic E-state index is -3.96. The summed E-state index contributed by atoms with van der Waals surface area (Å²) in [5.41, 5.74) is 2.39. The molecule has 0 saturated carbocycles. The zero-order valence-corrected chi connectivity index (χ0v) is 21.7. The summed E-state index contributed by atoms with van der Waals surface area (Å²) in [6.07, 6.45) is 0. The maximum absolute atomic E-state index is 13.0. The molecule has 3 aromatic rings. The van der Waals surface area contributed by atoms with Gasteiger partial charge in [-0.3, -0.25) is 9.69 Å². The van der Waals surface area contributed by atoms with E-state index in [0.717, 1.165) is 4.31 Å². The first-order valence-electron chi connectivity index (χ1n) is 11.3. The summed E-state index contributed by atoms with van der Waals surface area (Å²) < 4.78 is 27.0. The van der Waals surface area contributed by atoms with Gasteiger partial charge in [-0.1, -0.05) is 83.9 Å². The third-order valence-corrected chi connectivity index (χ3v) is 8.72. The normalized spacial score (nSPS) is 15.1. The molecule has 0 atom stereocenters. The molecule has 184 valence electrons. The molecule has 1 amide bonds. The lowest BCUT2D eigenvalue weighted by molar-refractivity contribution is -0.133. The number of sulfonamides is 1. The van der Waals surface area contributed by atoms with Crippen LogP contribution in [-0.2, 0) is 14.8 Å². The molecule has 4 rings (SSSR count). The van der Waals surface area contributed by atoms with Crippen LogP contribution in [0, 0.1) is 0 Å². The van der Waals surface area contributed by atoms with Crippen LogP contribution < -0.4 is 0 Å². The predicted octanol–water partition coefficient (Wildman–Crippen LogP) is 4.55. The molecule has 1 aliphatic heterocycles. The van der Waals surface area contributed by atoms with Crippen molar-refractivity contribution in [3.8, 4) is 0 Å². The average Bonchev–Trinajstić information content (AvgIpc) is 2.87. The van der Waals surface area contributed by atoms with E-state index in [0.29, 0.717) is 26.2 Å². The van der Waals surface area contributed by atoms with Crippen LogP contribution in [0.3, 0.4) is 0 Å². The lowest BCUT2D eigenvalue weighted by Crippen LogP contribution is -2.52. The Kier molecular flexibility index (Phi) is 8.14. The monoisotopic (exact) mass is 531 g/mol. The van der Waals surface area contributed by atoms with Crippen molar-refractivity contribution < 1.29 is 13.2 Å². The van der Waals surface area contributed by atoms with E-state index in [1.807, 2.05) is 36.4 Å². The van der Waals surface area contributed by atoms with Gasteiger partial charge in [0.25, 0.3) is 0 Å². The largest absolute Gasteiger partial charge is 0.339 e. The fourth-order valence-corrected chi connectivity index (χ4v) is 6.19. The van der Waals surface area contributed by atoms with Gasteiger partial charge in [-0.2, -0.15) is 4.31 Å². The third-order valence-electron chi connectivity index (χ3n) is 6.20. The molecule has 3 aromatic carbocycles. The van der Waals surface area contributed by atoms with Crippen LogP contribution in [0.2, 0.25) is 10.0 Å². The Morgan fingerprint density at radius 1 is 0.886 bits per heavy atom. The van der Waals surface area contributed by atoms with Crippen molar-refractivity contribution in [3.63, 3.8) is 0 Å². The summed E-state index contributed by atoms with van der Waals surface area (Å²) in [7, 11) is -2.59. The second-order valence-corrected chi connectivity index (χ2v) is 11.3. The number of carbonyl (C=O) groups is 1. The van der Waals surface area contributed by atoms with E-state index < -0.39 is 10.0 Å². The Morgan fingerprint density at radius 3 is 1.97 bits per heavy atom.